The van der Waals surface area contributed by atoms with Crippen molar-refractivity contribution in [3.8, 4) is 5.75 Å². The van der Waals surface area contributed by atoms with Crippen molar-refractivity contribution in [3.05, 3.63) is 98.8 Å². The van der Waals surface area contributed by atoms with Crippen molar-refractivity contribution in [1.29, 1.82) is 0 Å². The fourth-order valence-electron chi connectivity index (χ4n) is 4.33. The van der Waals surface area contributed by atoms with Gasteiger partial charge in [0.2, 0.25) is 0 Å². The van der Waals surface area contributed by atoms with Gasteiger partial charge in [-0.25, -0.2) is 4.39 Å². The van der Waals surface area contributed by atoms with Crippen LogP contribution >= 0.6 is 11.6 Å². The van der Waals surface area contributed by atoms with Crippen LogP contribution in [0.2, 0.25) is 5.02 Å². The minimum Gasteiger partial charge on any atom is -0.487 e. The van der Waals surface area contributed by atoms with Gasteiger partial charge in [0.15, 0.2) is 0 Å². The Morgan fingerprint density at radius 2 is 1.73 bits per heavy atom. The molecule has 3 rings (SSSR count). The van der Waals surface area contributed by atoms with Crippen LogP contribution in [-0.4, -0.2) is 17.0 Å². The van der Waals surface area contributed by atoms with Gasteiger partial charge < -0.3 is 15.2 Å². The second-order valence-corrected chi connectivity index (χ2v) is 10.2. The second-order valence-electron chi connectivity index (χ2n) is 9.83. The highest BCUT2D eigenvalue weighted by Gasteiger charge is 2.21. The summed E-state index contributed by atoms with van der Waals surface area (Å²) in [7, 11) is 0. The van der Waals surface area contributed by atoms with Crippen LogP contribution < -0.4 is 10.1 Å². The summed E-state index contributed by atoms with van der Waals surface area (Å²) < 4.78 is 19.3. The number of carbonyl (C=O) groups is 2. The Morgan fingerprint density at radius 1 is 1.03 bits per heavy atom. The molecule has 0 aliphatic carbocycles. The molecule has 196 valence electrons. The zero-order valence-corrected chi connectivity index (χ0v) is 22.4. The van der Waals surface area contributed by atoms with Crippen LogP contribution in [0.25, 0.3) is 0 Å². The number of rotatable bonds is 11. The predicted molar refractivity (Wildman–Crippen MR) is 144 cm³/mol. The second kappa shape index (κ2) is 12.7. The first-order valence-corrected chi connectivity index (χ1v) is 12.7. The number of halogens is 2. The highest BCUT2D eigenvalue weighted by Crippen LogP contribution is 2.27. The summed E-state index contributed by atoms with van der Waals surface area (Å²) in [5.74, 6) is -1.14. The first-order valence-electron chi connectivity index (χ1n) is 12.3. The van der Waals surface area contributed by atoms with E-state index >= 15 is 0 Å². The maximum absolute atomic E-state index is 13.6. The topological polar surface area (TPSA) is 75.6 Å². The number of aryl methyl sites for hydroxylation is 3. The van der Waals surface area contributed by atoms with Gasteiger partial charge in [-0.2, -0.15) is 0 Å². The summed E-state index contributed by atoms with van der Waals surface area (Å²) in [6, 6.07) is 15.2. The molecule has 3 aromatic rings. The third-order valence-corrected chi connectivity index (χ3v) is 6.29. The molecule has 7 heteroatoms. The Morgan fingerprint density at radius 3 is 2.38 bits per heavy atom. The number of aliphatic carboxylic acids is 1. The van der Waals surface area contributed by atoms with E-state index in [2.05, 4.69) is 37.4 Å². The third kappa shape index (κ3) is 8.32. The summed E-state index contributed by atoms with van der Waals surface area (Å²) in [6.07, 6.45) is 0.870. The number of hydrogen-bond acceptors (Lipinski definition) is 3. The zero-order chi connectivity index (χ0) is 27.1. The number of benzene rings is 3. The molecule has 0 aliphatic heterocycles. The molecule has 1 amide bonds. The SMILES string of the molecule is Cc1cc(C)cc(C(CC(C)C)NC(=O)c2cc(COc3cc(F)ccc3Cl)ccc2CCC(=O)O)c1. The average molecular weight is 526 g/mol. The standard InChI is InChI=1S/C30H33ClFNO4/c1-18(2)11-27(23-13-19(3)12-20(4)14-23)33-30(36)25-15-21(5-6-22(25)7-10-29(34)35)17-37-28-16-24(32)8-9-26(28)31/h5-6,8-9,12-16,18,27H,7,10-11,17H2,1-4H3,(H,33,36)(H,34,35). The normalized spacial score (nSPS) is 11.9. The van der Waals surface area contributed by atoms with Gasteiger partial charge in [0.05, 0.1) is 11.1 Å². The molecule has 1 atom stereocenters. The molecule has 0 fully saturated rings. The van der Waals surface area contributed by atoms with Crippen molar-refractivity contribution < 1.29 is 23.8 Å². The van der Waals surface area contributed by atoms with Crippen molar-refractivity contribution in [3.63, 3.8) is 0 Å². The van der Waals surface area contributed by atoms with E-state index in [0.717, 1.165) is 23.1 Å². The number of carbonyl (C=O) groups excluding carboxylic acids is 1. The molecule has 3 aromatic carbocycles. The molecule has 0 heterocycles. The van der Waals surface area contributed by atoms with Gasteiger partial charge in [-0.1, -0.05) is 66.9 Å². The fourth-order valence-corrected chi connectivity index (χ4v) is 4.50. The number of carboxylic acid groups (broad SMARTS) is 1. The summed E-state index contributed by atoms with van der Waals surface area (Å²) in [4.78, 5) is 24.8. The number of hydrogen-bond donors (Lipinski definition) is 2. The Kier molecular flexibility index (Phi) is 9.70. The minimum absolute atomic E-state index is 0.0646. The highest BCUT2D eigenvalue weighted by atomic mass is 35.5. The van der Waals surface area contributed by atoms with Gasteiger partial charge in [-0.05, 0) is 67.5 Å². The summed E-state index contributed by atoms with van der Waals surface area (Å²) in [6.45, 7) is 8.34. The van der Waals surface area contributed by atoms with E-state index in [-0.39, 0.29) is 42.2 Å². The fraction of sp³-hybridized carbons (Fsp3) is 0.333. The number of amides is 1. The van der Waals surface area contributed by atoms with E-state index in [0.29, 0.717) is 22.6 Å². The molecule has 2 N–H and O–H groups in total. The first kappa shape index (κ1) is 28.2. The van der Waals surface area contributed by atoms with Crippen molar-refractivity contribution in [1.82, 2.24) is 5.32 Å². The van der Waals surface area contributed by atoms with Crippen molar-refractivity contribution >= 4 is 23.5 Å². The van der Waals surface area contributed by atoms with Gasteiger partial charge in [-0.15, -0.1) is 0 Å². The molecule has 0 spiro atoms. The Bertz CT molecular complexity index is 1250. The number of carboxylic acids is 1. The van der Waals surface area contributed by atoms with Gasteiger partial charge in [0.25, 0.3) is 5.91 Å². The third-order valence-electron chi connectivity index (χ3n) is 5.97. The minimum atomic E-state index is -0.938. The largest absolute Gasteiger partial charge is 0.487 e. The van der Waals surface area contributed by atoms with E-state index in [1.54, 1.807) is 18.2 Å². The molecule has 0 radical (unpaired) electrons. The van der Waals surface area contributed by atoms with E-state index < -0.39 is 11.8 Å². The van der Waals surface area contributed by atoms with E-state index in [4.69, 9.17) is 16.3 Å². The van der Waals surface area contributed by atoms with Crippen LogP contribution in [-0.2, 0) is 17.8 Å². The van der Waals surface area contributed by atoms with E-state index in [1.807, 2.05) is 13.8 Å². The molecule has 37 heavy (non-hydrogen) atoms. The lowest BCUT2D eigenvalue weighted by Crippen LogP contribution is -2.30. The first-order chi connectivity index (χ1) is 17.5. The quantitative estimate of drug-likeness (QED) is 0.277. The monoisotopic (exact) mass is 525 g/mol. The molecule has 5 nitrogen and oxygen atoms in total. The van der Waals surface area contributed by atoms with Crippen molar-refractivity contribution in [2.45, 2.75) is 59.6 Å². The maximum Gasteiger partial charge on any atom is 0.303 e. The summed E-state index contributed by atoms with van der Waals surface area (Å²) in [5.41, 5.74) is 4.98. The number of nitrogens with one attached hydrogen (secondary N) is 1. The Balaban J connectivity index is 1.90. The van der Waals surface area contributed by atoms with Gasteiger partial charge in [0, 0.05) is 18.1 Å². The van der Waals surface area contributed by atoms with Crippen LogP contribution in [0.1, 0.15) is 70.9 Å². The van der Waals surface area contributed by atoms with E-state index in [9.17, 15) is 19.1 Å². The van der Waals surface area contributed by atoms with Crippen molar-refractivity contribution in [2.24, 2.45) is 5.92 Å². The summed E-state index contributed by atoms with van der Waals surface area (Å²) in [5, 5.41) is 12.7. The molecular formula is C30H33ClFNO4. The van der Waals surface area contributed by atoms with Crippen LogP contribution in [0.3, 0.4) is 0 Å². The van der Waals surface area contributed by atoms with Crippen LogP contribution in [0.15, 0.2) is 54.6 Å². The Hall–Kier alpha value is -3.38. The maximum atomic E-state index is 13.6. The van der Waals surface area contributed by atoms with Gasteiger partial charge in [0.1, 0.15) is 18.2 Å². The van der Waals surface area contributed by atoms with Crippen LogP contribution in [0.4, 0.5) is 4.39 Å². The lowest BCUT2D eigenvalue weighted by Gasteiger charge is -2.23. The lowest BCUT2D eigenvalue weighted by atomic mass is 9.93. The average Bonchev–Trinajstić information content (AvgIpc) is 2.82. The molecular weight excluding hydrogens is 493 g/mol. The number of ether oxygens (including phenoxy) is 1. The molecule has 0 bridgehead atoms. The lowest BCUT2D eigenvalue weighted by molar-refractivity contribution is -0.136. The van der Waals surface area contributed by atoms with Crippen molar-refractivity contribution in [2.75, 3.05) is 0 Å². The molecule has 0 aromatic heterocycles. The molecule has 1 unspecified atom stereocenters. The van der Waals surface area contributed by atoms with Crippen LogP contribution in [0, 0.1) is 25.6 Å². The smallest absolute Gasteiger partial charge is 0.303 e. The zero-order valence-electron chi connectivity index (χ0n) is 21.6. The molecule has 0 saturated heterocycles. The molecule has 0 aliphatic rings. The molecule has 0 saturated carbocycles. The van der Waals surface area contributed by atoms with E-state index in [1.165, 1.54) is 18.2 Å². The van der Waals surface area contributed by atoms with Gasteiger partial charge in [-0.3, -0.25) is 9.59 Å². The Labute approximate surface area is 222 Å². The summed E-state index contributed by atoms with van der Waals surface area (Å²) >= 11 is 6.11. The van der Waals surface area contributed by atoms with Crippen LogP contribution in [0.5, 0.6) is 5.75 Å². The highest BCUT2D eigenvalue weighted by molar-refractivity contribution is 6.32. The van der Waals surface area contributed by atoms with Gasteiger partial charge >= 0.3 is 5.97 Å². The predicted octanol–water partition coefficient (Wildman–Crippen LogP) is 7.21.